The summed E-state index contributed by atoms with van der Waals surface area (Å²) in [6, 6.07) is 0. The number of aliphatic hydroxyl groups is 1. The van der Waals surface area contributed by atoms with Gasteiger partial charge in [0.1, 0.15) is 11.3 Å². The van der Waals surface area contributed by atoms with Gasteiger partial charge < -0.3 is 30.5 Å². The maximum Gasteiger partial charge on any atom is 1.00 e. The van der Waals surface area contributed by atoms with E-state index in [1.165, 1.54) is 18.4 Å². The molecular weight excluding hydrogens is 305 g/mol. The average Bonchev–Trinajstić information content (AvgIpc) is 2.38. The topological polar surface area (TPSA) is 123 Å². The summed E-state index contributed by atoms with van der Waals surface area (Å²) < 4.78 is 6.91. The van der Waals surface area contributed by atoms with E-state index in [9.17, 15) is 14.7 Å². The Kier molecular flexibility index (Phi) is 8.13. The zero-order valence-corrected chi connectivity index (χ0v) is 13.7. The molecule has 0 aromatic rings. The molecule has 98 valence electrons. The van der Waals surface area contributed by atoms with E-state index in [0.717, 1.165) is 6.20 Å². The van der Waals surface area contributed by atoms with Gasteiger partial charge in [-0.1, -0.05) is 11.6 Å². The Bertz CT molecular complexity index is 470. The second-order valence-electron chi connectivity index (χ2n) is 2.89. The van der Waals surface area contributed by atoms with Gasteiger partial charge in [0.2, 0.25) is 6.35 Å². The molecule has 1 atom stereocenters. The maximum atomic E-state index is 10.6. The van der Waals surface area contributed by atoms with Crippen LogP contribution in [0.1, 0.15) is 0 Å². The van der Waals surface area contributed by atoms with E-state index in [1.807, 2.05) is 5.32 Å². The van der Waals surface area contributed by atoms with Crippen molar-refractivity contribution < 1.29 is 77.4 Å². The van der Waals surface area contributed by atoms with E-state index >= 15 is 0 Å². The van der Waals surface area contributed by atoms with Crippen LogP contribution in [0.15, 0.2) is 35.3 Å². The summed E-state index contributed by atoms with van der Waals surface area (Å²) in [6.45, 7) is 0. The van der Waals surface area contributed by atoms with Crippen LogP contribution < -0.4 is 72.6 Å². The Hall–Kier alpha value is -0.554. The van der Waals surface area contributed by atoms with E-state index in [1.54, 1.807) is 0 Å². The average molecular weight is 315 g/mol. The van der Waals surface area contributed by atoms with Crippen molar-refractivity contribution in [3.8, 4) is 0 Å². The first-order valence-electron chi connectivity index (χ1n) is 5.00. The molecule has 2 aliphatic rings. The number of amides is 1. The normalized spacial score (nSPS) is 20.9. The van der Waals surface area contributed by atoms with Crippen molar-refractivity contribution in [3.05, 3.63) is 35.3 Å². The molecule has 8 nitrogen and oxygen atoms in total. The first kappa shape index (κ1) is 16.5. The third kappa shape index (κ3) is 6.97. The zero-order chi connectivity index (χ0) is 14.4. The number of aliphatic hydroxyl groups excluding tert-OH is 1. The fourth-order valence-electron chi connectivity index (χ4n) is 0.834. The fourth-order valence-corrected chi connectivity index (χ4v) is 0.945. The summed E-state index contributed by atoms with van der Waals surface area (Å²) in [4.78, 5) is 25.0. The molecular formula is C9H9ClKN3O5. The van der Waals surface area contributed by atoms with Gasteiger partial charge in [0.05, 0.1) is 11.7 Å². The van der Waals surface area contributed by atoms with Gasteiger partial charge in [-0.05, 0) is 12.2 Å². The number of halogens is 1. The van der Waals surface area contributed by atoms with E-state index < -0.39 is 18.2 Å². The molecule has 4 N–H and O–H groups in total. The number of carbonyl (C=O) groups is 2. The van der Waals surface area contributed by atoms with Crippen molar-refractivity contribution in [1.82, 2.24) is 16.1 Å². The largest absolute Gasteiger partial charge is 1.00 e. The van der Waals surface area contributed by atoms with Gasteiger partial charge in [-0.2, -0.15) is 0 Å². The SMILES string of the molecule is O=C([O-])C1=CC=CON1.[2H]N1C=C(Cl)C(=O)NC1O.[K+]. The number of carboxylic acids is 1. The van der Waals surface area contributed by atoms with Gasteiger partial charge >= 0.3 is 51.4 Å². The summed E-state index contributed by atoms with van der Waals surface area (Å²) >= 11 is 5.30. The van der Waals surface area contributed by atoms with E-state index in [-0.39, 0.29) is 62.1 Å². The van der Waals surface area contributed by atoms with Crippen molar-refractivity contribution >= 4 is 23.5 Å². The van der Waals surface area contributed by atoms with Crippen molar-refractivity contribution in [1.29, 1.82) is 0 Å². The molecule has 0 aromatic carbocycles. The van der Waals surface area contributed by atoms with Crippen LogP contribution in [-0.4, -0.2) is 23.3 Å². The smallest absolute Gasteiger partial charge is 0.543 e. The monoisotopic (exact) mass is 314 g/mol. The fraction of sp³-hybridized carbons (Fsp3) is 0.111. The molecule has 0 saturated heterocycles. The van der Waals surface area contributed by atoms with Crippen molar-refractivity contribution in [3.63, 3.8) is 0 Å². The number of nitrogens with one attached hydrogen (secondary N) is 3. The Balaban J connectivity index is 0.000000345. The summed E-state index contributed by atoms with van der Waals surface area (Å²) in [7, 11) is 0. The Morgan fingerprint density at radius 2 is 2.32 bits per heavy atom. The van der Waals surface area contributed by atoms with Crippen LogP contribution >= 0.6 is 11.6 Å². The molecule has 0 aromatic heterocycles. The van der Waals surface area contributed by atoms with Crippen LogP contribution in [-0.2, 0) is 14.4 Å². The van der Waals surface area contributed by atoms with Gasteiger partial charge in [-0.3, -0.25) is 4.79 Å². The number of carboxylic acid groups (broad SMARTS) is 1. The number of hydrogen-bond acceptors (Lipinski definition) is 7. The predicted molar refractivity (Wildman–Crippen MR) is 57.7 cm³/mol. The number of aliphatic carboxylic acids is 1. The third-order valence-electron chi connectivity index (χ3n) is 1.60. The van der Waals surface area contributed by atoms with Crippen LogP contribution in [0.3, 0.4) is 0 Å². The number of allylic oxidation sites excluding steroid dienone is 2. The van der Waals surface area contributed by atoms with Crippen molar-refractivity contribution in [2.45, 2.75) is 6.35 Å². The molecule has 2 aliphatic heterocycles. The van der Waals surface area contributed by atoms with E-state index in [0.29, 0.717) is 5.31 Å². The summed E-state index contributed by atoms with van der Waals surface area (Å²) in [6.07, 6.45) is 3.87. The molecule has 0 aliphatic carbocycles. The predicted octanol–water partition coefficient (Wildman–Crippen LogP) is -5.27. The second kappa shape index (κ2) is 9.37. The van der Waals surface area contributed by atoms with Crippen LogP contribution in [0, 0.1) is 0 Å². The van der Waals surface area contributed by atoms with Crippen LogP contribution in [0.4, 0.5) is 0 Å². The Morgan fingerprint density at radius 1 is 1.63 bits per heavy atom. The van der Waals surface area contributed by atoms with Gasteiger partial charge in [-0.15, -0.1) is 0 Å². The van der Waals surface area contributed by atoms with Crippen molar-refractivity contribution in [2.24, 2.45) is 0 Å². The Labute approximate surface area is 157 Å². The number of hydroxylamine groups is 1. The molecule has 0 bridgehead atoms. The van der Waals surface area contributed by atoms with Crippen molar-refractivity contribution in [2.75, 3.05) is 0 Å². The summed E-state index contributed by atoms with van der Waals surface area (Å²) in [5.41, 5.74) is 2.06. The summed E-state index contributed by atoms with van der Waals surface area (Å²) in [5, 5.41) is 21.3. The van der Waals surface area contributed by atoms with E-state index in [4.69, 9.17) is 18.1 Å². The summed E-state index contributed by atoms with van der Waals surface area (Å²) in [5.74, 6) is -1.85. The Morgan fingerprint density at radius 3 is 2.74 bits per heavy atom. The molecule has 2 heterocycles. The molecule has 1 unspecified atom stereocenters. The number of rotatable bonds is 1. The molecule has 0 saturated carbocycles. The van der Waals surface area contributed by atoms with Crippen LogP contribution in [0.5, 0.6) is 0 Å². The van der Waals surface area contributed by atoms with Gasteiger partial charge in [0, 0.05) is 6.20 Å². The number of hydrogen-bond donors (Lipinski definition) is 4. The van der Waals surface area contributed by atoms with Gasteiger partial charge in [0.15, 0.2) is 1.41 Å². The molecule has 2 rings (SSSR count). The van der Waals surface area contributed by atoms with Gasteiger partial charge in [-0.25, -0.2) is 5.48 Å². The standard InChI is InChI=1S/C5H5NO3.C4H5ClN2O2.K/c7-5(8)4-2-1-3-9-6-4;5-2-1-6-4(9)7-3(2)8;/h1-3,6H,(H,7,8);1,4,6,9H,(H,7,8);/q;;+1/p-1/i/hD. The molecule has 10 heteroatoms. The minimum atomic E-state index is -1.30. The first-order valence-corrected chi connectivity index (χ1v) is 4.93. The molecule has 0 spiro atoms. The molecule has 19 heavy (non-hydrogen) atoms. The number of carbonyl (C=O) groups excluding carboxylic acids is 2. The minimum absolute atomic E-state index is 0. The van der Waals surface area contributed by atoms with E-state index in [2.05, 4.69) is 10.3 Å². The molecule has 0 fully saturated rings. The molecule has 0 radical (unpaired) electrons. The van der Waals surface area contributed by atoms with Gasteiger partial charge in [0.25, 0.3) is 5.91 Å². The molecule has 1 amide bonds. The quantitative estimate of drug-likeness (QED) is 0.357. The first-order chi connectivity index (χ1) is 8.91. The van der Waals surface area contributed by atoms with Crippen LogP contribution in [0.25, 0.3) is 0 Å². The third-order valence-corrected chi connectivity index (χ3v) is 1.87. The maximum absolute atomic E-state index is 10.6. The zero-order valence-electron chi connectivity index (χ0n) is 10.8. The second-order valence-corrected chi connectivity index (χ2v) is 3.30. The van der Waals surface area contributed by atoms with Crippen LogP contribution in [0.2, 0.25) is 1.41 Å². The minimum Gasteiger partial charge on any atom is -0.543 e.